The fraction of sp³-hybridized carbons (Fsp3) is 0.333. The van der Waals surface area contributed by atoms with Crippen LogP contribution >= 0.6 is 11.6 Å². The highest BCUT2D eigenvalue weighted by atomic mass is 35.5. The molecule has 0 unspecified atom stereocenters. The van der Waals surface area contributed by atoms with Crippen LogP contribution in [0, 0.1) is 0 Å². The lowest BCUT2D eigenvalue weighted by Gasteiger charge is -2.35. The Morgan fingerprint density at radius 1 is 1.10 bits per heavy atom. The highest BCUT2D eigenvalue weighted by Gasteiger charge is 2.25. The number of piperazine rings is 1. The van der Waals surface area contributed by atoms with Gasteiger partial charge in [0.2, 0.25) is 5.89 Å². The molecule has 156 valence electrons. The van der Waals surface area contributed by atoms with Crippen molar-refractivity contribution in [3.63, 3.8) is 0 Å². The second-order valence-corrected chi connectivity index (χ2v) is 7.77. The molecule has 2 aromatic heterocycles. The van der Waals surface area contributed by atoms with E-state index in [-0.39, 0.29) is 11.9 Å². The van der Waals surface area contributed by atoms with Crippen molar-refractivity contribution >= 4 is 29.1 Å². The molecular formula is C21H23ClN6O2. The first kappa shape index (κ1) is 20.2. The Balaban J connectivity index is 1.44. The van der Waals surface area contributed by atoms with Gasteiger partial charge in [-0.25, -0.2) is 9.78 Å². The first-order valence-corrected chi connectivity index (χ1v) is 10.2. The van der Waals surface area contributed by atoms with Crippen molar-refractivity contribution in [3.8, 4) is 11.5 Å². The summed E-state index contributed by atoms with van der Waals surface area (Å²) in [6, 6.07) is 10.8. The van der Waals surface area contributed by atoms with Gasteiger partial charge in [-0.1, -0.05) is 37.6 Å². The van der Waals surface area contributed by atoms with Crippen molar-refractivity contribution < 1.29 is 9.21 Å². The summed E-state index contributed by atoms with van der Waals surface area (Å²) >= 11 is 6.14. The molecule has 1 aliphatic heterocycles. The van der Waals surface area contributed by atoms with Gasteiger partial charge in [-0.05, 0) is 24.3 Å². The first-order chi connectivity index (χ1) is 14.5. The number of para-hydroxylation sites is 1. The Bertz CT molecular complexity index is 1030. The van der Waals surface area contributed by atoms with Gasteiger partial charge < -0.3 is 19.5 Å². The Morgan fingerprint density at radius 2 is 1.87 bits per heavy atom. The summed E-state index contributed by atoms with van der Waals surface area (Å²) in [5, 5.41) is 11.7. The van der Waals surface area contributed by atoms with Crippen molar-refractivity contribution in [2.45, 2.75) is 19.8 Å². The second kappa shape index (κ2) is 8.71. The number of nitrogens with one attached hydrogen (secondary N) is 1. The molecule has 0 atom stereocenters. The molecule has 4 rings (SSSR count). The summed E-state index contributed by atoms with van der Waals surface area (Å²) in [5.41, 5.74) is 1.40. The Labute approximate surface area is 179 Å². The van der Waals surface area contributed by atoms with Gasteiger partial charge >= 0.3 is 6.03 Å². The van der Waals surface area contributed by atoms with Crippen molar-refractivity contribution in [1.29, 1.82) is 0 Å². The molecule has 9 heteroatoms. The Morgan fingerprint density at radius 3 is 2.57 bits per heavy atom. The molecule has 30 heavy (non-hydrogen) atoms. The molecule has 8 nitrogen and oxygen atoms in total. The van der Waals surface area contributed by atoms with Gasteiger partial charge in [0, 0.05) is 38.3 Å². The largest absolute Gasteiger partial charge is 0.420 e. The average Bonchev–Trinajstić information content (AvgIpc) is 3.26. The van der Waals surface area contributed by atoms with Crippen LogP contribution in [0.5, 0.6) is 0 Å². The number of urea groups is 1. The maximum Gasteiger partial charge on any atom is 0.322 e. The minimum atomic E-state index is -0.164. The summed E-state index contributed by atoms with van der Waals surface area (Å²) in [6.45, 7) is 6.43. The number of halogens is 1. The van der Waals surface area contributed by atoms with Crippen LogP contribution in [-0.2, 0) is 0 Å². The number of carbonyl (C=O) groups is 1. The predicted octanol–water partition coefficient (Wildman–Crippen LogP) is 4.26. The number of benzene rings is 1. The molecule has 0 aliphatic carbocycles. The minimum absolute atomic E-state index is 0.159. The van der Waals surface area contributed by atoms with Crippen LogP contribution in [0.3, 0.4) is 0 Å². The van der Waals surface area contributed by atoms with Gasteiger partial charge in [-0.2, -0.15) is 0 Å². The Kier molecular flexibility index (Phi) is 5.85. The molecular weight excluding hydrogens is 404 g/mol. The number of pyridine rings is 1. The van der Waals surface area contributed by atoms with Gasteiger partial charge in [0.05, 0.1) is 16.3 Å². The normalized spacial score (nSPS) is 14.3. The zero-order chi connectivity index (χ0) is 21.1. The highest BCUT2D eigenvalue weighted by molar-refractivity contribution is 6.33. The summed E-state index contributed by atoms with van der Waals surface area (Å²) in [7, 11) is 0. The van der Waals surface area contributed by atoms with Crippen LogP contribution in [0.15, 0.2) is 47.0 Å². The number of amides is 2. The molecule has 0 spiro atoms. The molecule has 1 fully saturated rings. The number of hydrogen-bond acceptors (Lipinski definition) is 6. The van der Waals surface area contributed by atoms with E-state index < -0.39 is 0 Å². The van der Waals surface area contributed by atoms with E-state index in [1.807, 2.05) is 38.1 Å². The van der Waals surface area contributed by atoms with Crippen LogP contribution in [0.2, 0.25) is 5.02 Å². The SMILES string of the molecule is CC(C)c1nnc(-c2cccnc2N2CCN(C(=O)Nc3ccccc3Cl)CC2)o1. The van der Waals surface area contributed by atoms with E-state index in [0.717, 1.165) is 11.4 Å². The molecule has 1 N–H and O–H groups in total. The molecule has 1 saturated heterocycles. The molecule has 1 aromatic carbocycles. The second-order valence-electron chi connectivity index (χ2n) is 7.36. The van der Waals surface area contributed by atoms with Crippen molar-refractivity contribution in [2.75, 3.05) is 36.4 Å². The van der Waals surface area contributed by atoms with E-state index >= 15 is 0 Å². The monoisotopic (exact) mass is 426 g/mol. The fourth-order valence-corrected chi connectivity index (χ4v) is 3.45. The van der Waals surface area contributed by atoms with Gasteiger partial charge in [0.1, 0.15) is 5.82 Å². The smallest absolute Gasteiger partial charge is 0.322 e. The maximum atomic E-state index is 12.6. The fourth-order valence-electron chi connectivity index (χ4n) is 3.27. The summed E-state index contributed by atoms with van der Waals surface area (Å²) in [5.74, 6) is 2.00. The molecule has 3 heterocycles. The molecule has 0 bridgehead atoms. The molecule has 2 amide bonds. The highest BCUT2D eigenvalue weighted by Crippen LogP contribution is 2.30. The standard InChI is InChI=1S/C21H23ClN6O2/c1-14(2)19-25-26-20(30-19)15-6-5-9-23-18(15)27-10-12-28(13-11-27)21(29)24-17-8-4-3-7-16(17)22/h3-9,14H,10-13H2,1-2H3,(H,24,29). The van der Waals surface area contributed by atoms with E-state index in [4.69, 9.17) is 16.0 Å². The van der Waals surface area contributed by atoms with Crippen molar-refractivity contribution in [3.05, 3.63) is 53.5 Å². The third kappa shape index (κ3) is 4.23. The van der Waals surface area contributed by atoms with E-state index in [2.05, 4.69) is 25.4 Å². The zero-order valence-corrected chi connectivity index (χ0v) is 17.6. The van der Waals surface area contributed by atoms with E-state index in [1.165, 1.54) is 0 Å². The van der Waals surface area contributed by atoms with Gasteiger partial charge in [-0.15, -0.1) is 10.2 Å². The van der Waals surface area contributed by atoms with Crippen LogP contribution < -0.4 is 10.2 Å². The number of rotatable bonds is 4. The summed E-state index contributed by atoms with van der Waals surface area (Å²) < 4.78 is 5.82. The lowest BCUT2D eigenvalue weighted by molar-refractivity contribution is 0.208. The molecule has 0 saturated carbocycles. The molecule has 1 aliphatic rings. The third-order valence-corrected chi connectivity index (χ3v) is 5.26. The lowest BCUT2D eigenvalue weighted by Crippen LogP contribution is -2.50. The van der Waals surface area contributed by atoms with Gasteiger partial charge in [-0.3, -0.25) is 0 Å². The summed E-state index contributed by atoms with van der Waals surface area (Å²) in [6.07, 6.45) is 1.75. The number of hydrogen-bond donors (Lipinski definition) is 1. The maximum absolute atomic E-state index is 12.6. The van der Waals surface area contributed by atoms with Gasteiger partial charge in [0.15, 0.2) is 0 Å². The molecule has 3 aromatic rings. The lowest BCUT2D eigenvalue weighted by atomic mass is 10.2. The summed E-state index contributed by atoms with van der Waals surface area (Å²) in [4.78, 5) is 21.1. The zero-order valence-electron chi connectivity index (χ0n) is 16.9. The quantitative estimate of drug-likeness (QED) is 0.670. The first-order valence-electron chi connectivity index (χ1n) is 9.87. The van der Waals surface area contributed by atoms with Crippen molar-refractivity contribution in [2.24, 2.45) is 0 Å². The predicted molar refractivity (Wildman–Crippen MR) is 116 cm³/mol. The van der Waals surface area contributed by atoms with Gasteiger partial charge in [0.25, 0.3) is 5.89 Å². The average molecular weight is 427 g/mol. The van der Waals surface area contributed by atoms with Crippen LogP contribution in [0.1, 0.15) is 25.7 Å². The van der Waals surface area contributed by atoms with E-state index in [1.54, 1.807) is 23.2 Å². The van der Waals surface area contributed by atoms with Crippen LogP contribution in [0.25, 0.3) is 11.5 Å². The van der Waals surface area contributed by atoms with E-state index in [9.17, 15) is 4.79 Å². The molecule has 0 radical (unpaired) electrons. The van der Waals surface area contributed by atoms with Crippen molar-refractivity contribution in [1.82, 2.24) is 20.1 Å². The number of aromatic nitrogens is 3. The van der Waals surface area contributed by atoms with E-state index in [0.29, 0.717) is 48.7 Å². The van der Waals surface area contributed by atoms with Crippen LogP contribution in [0.4, 0.5) is 16.3 Å². The number of nitrogens with zero attached hydrogens (tertiary/aromatic N) is 5. The number of carbonyl (C=O) groups excluding carboxylic acids is 1. The third-order valence-electron chi connectivity index (χ3n) is 4.93. The van der Waals surface area contributed by atoms with Crippen LogP contribution in [-0.4, -0.2) is 52.3 Å². The topological polar surface area (TPSA) is 87.4 Å². The minimum Gasteiger partial charge on any atom is -0.420 e. The number of anilines is 2. The Hall–Kier alpha value is -3.13.